The Morgan fingerprint density at radius 3 is 2.64 bits per heavy atom. The molecule has 6 nitrogen and oxygen atoms in total. The fourth-order valence-electron chi connectivity index (χ4n) is 4.53. The van der Waals surface area contributed by atoms with E-state index in [2.05, 4.69) is 29.2 Å². The third-order valence-corrected chi connectivity index (χ3v) is 6.69. The van der Waals surface area contributed by atoms with Crippen LogP contribution in [-0.2, 0) is 17.7 Å². The van der Waals surface area contributed by atoms with Crippen molar-refractivity contribution in [2.24, 2.45) is 5.92 Å². The Kier molecular flexibility index (Phi) is 7.73. The predicted molar refractivity (Wildman–Crippen MR) is 133 cm³/mol. The molecule has 7 heteroatoms. The highest BCUT2D eigenvalue weighted by molar-refractivity contribution is 7.71. The first-order chi connectivity index (χ1) is 16.1. The van der Waals surface area contributed by atoms with E-state index < -0.39 is 0 Å². The summed E-state index contributed by atoms with van der Waals surface area (Å²) < 4.78 is 7.29. The summed E-state index contributed by atoms with van der Waals surface area (Å²) in [5.74, 6) is 0.612. The fraction of sp³-hybridized carbons (Fsp3) is 0.423. The van der Waals surface area contributed by atoms with Crippen molar-refractivity contribution in [1.29, 1.82) is 0 Å². The van der Waals surface area contributed by atoms with E-state index in [0.717, 1.165) is 32.4 Å². The SMILES string of the molecule is CCOCCCn1c(=S)[nH]c2cc(C(=O)N3CCC(Cc4ccccc4)CC3)ccc2c1=O. The van der Waals surface area contributed by atoms with Crippen molar-refractivity contribution in [3.63, 3.8) is 0 Å². The molecular formula is C26H31N3O3S. The molecule has 1 amide bonds. The number of nitrogens with zero attached hydrogens (tertiary/aromatic N) is 2. The van der Waals surface area contributed by atoms with Crippen LogP contribution in [0.5, 0.6) is 0 Å². The molecule has 4 rings (SSSR count). The fourth-order valence-corrected chi connectivity index (χ4v) is 4.81. The number of amides is 1. The normalized spacial score (nSPS) is 14.6. The van der Waals surface area contributed by atoms with Crippen LogP contribution < -0.4 is 5.56 Å². The highest BCUT2D eigenvalue weighted by atomic mass is 32.1. The number of aromatic nitrogens is 2. The van der Waals surface area contributed by atoms with Crippen LogP contribution >= 0.6 is 12.2 Å². The van der Waals surface area contributed by atoms with Crippen LogP contribution in [0.15, 0.2) is 53.3 Å². The van der Waals surface area contributed by atoms with Gasteiger partial charge in [0, 0.05) is 38.4 Å². The van der Waals surface area contributed by atoms with Crippen molar-refractivity contribution in [3.05, 3.63) is 74.8 Å². The number of fused-ring (bicyclic) bond motifs is 1. The zero-order valence-electron chi connectivity index (χ0n) is 19.1. The molecule has 2 aromatic carbocycles. The molecule has 0 unspecified atom stereocenters. The third-order valence-electron chi connectivity index (χ3n) is 6.37. The average molecular weight is 466 g/mol. The molecule has 1 aliphatic rings. The molecular weight excluding hydrogens is 434 g/mol. The highest BCUT2D eigenvalue weighted by Crippen LogP contribution is 2.23. The molecule has 1 saturated heterocycles. The maximum Gasteiger partial charge on any atom is 0.262 e. The molecule has 1 fully saturated rings. The number of benzene rings is 2. The number of ether oxygens (including phenoxy) is 1. The highest BCUT2D eigenvalue weighted by Gasteiger charge is 2.24. The Morgan fingerprint density at radius 2 is 1.91 bits per heavy atom. The molecule has 0 saturated carbocycles. The lowest BCUT2D eigenvalue weighted by Crippen LogP contribution is -2.39. The quantitative estimate of drug-likeness (QED) is 0.391. The monoisotopic (exact) mass is 465 g/mol. The number of rotatable bonds is 8. The predicted octanol–water partition coefficient (Wildman–Crippen LogP) is 4.58. The Labute approximate surface area is 199 Å². The topological polar surface area (TPSA) is 67.3 Å². The molecule has 1 N–H and O–H groups in total. The zero-order valence-corrected chi connectivity index (χ0v) is 19.9. The Bertz CT molecular complexity index is 1210. The smallest absolute Gasteiger partial charge is 0.262 e. The van der Waals surface area contributed by atoms with Gasteiger partial charge in [-0.15, -0.1) is 0 Å². The van der Waals surface area contributed by atoms with Crippen molar-refractivity contribution in [3.8, 4) is 0 Å². The third kappa shape index (κ3) is 5.60. The minimum absolute atomic E-state index is 0.00951. The van der Waals surface area contributed by atoms with Gasteiger partial charge in [-0.25, -0.2) is 0 Å². The number of hydrogen-bond acceptors (Lipinski definition) is 4. The zero-order chi connectivity index (χ0) is 23.2. The first-order valence-corrected chi connectivity index (χ1v) is 12.2. The summed E-state index contributed by atoms with van der Waals surface area (Å²) in [6, 6.07) is 15.8. The Hall–Kier alpha value is -2.77. The number of hydrogen-bond donors (Lipinski definition) is 1. The summed E-state index contributed by atoms with van der Waals surface area (Å²) in [4.78, 5) is 31.1. The number of carbonyl (C=O) groups excluding carboxylic acids is 1. The minimum Gasteiger partial charge on any atom is -0.382 e. The maximum atomic E-state index is 13.1. The lowest BCUT2D eigenvalue weighted by Gasteiger charge is -2.32. The number of carbonyl (C=O) groups is 1. The van der Waals surface area contributed by atoms with Crippen molar-refractivity contribution in [1.82, 2.24) is 14.5 Å². The van der Waals surface area contributed by atoms with Gasteiger partial charge in [-0.1, -0.05) is 30.3 Å². The van der Waals surface area contributed by atoms with Gasteiger partial charge in [0.1, 0.15) is 0 Å². The summed E-state index contributed by atoms with van der Waals surface area (Å²) in [5.41, 5.74) is 2.42. The Morgan fingerprint density at radius 1 is 1.15 bits per heavy atom. The summed E-state index contributed by atoms with van der Waals surface area (Å²) in [6.07, 6.45) is 3.78. The van der Waals surface area contributed by atoms with E-state index in [9.17, 15) is 9.59 Å². The van der Waals surface area contributed by atoms with Crippen molar-refractivity contribution in [2.75, 3.05) is 26.3 Å². The van der Waals surface area contributed by atoms with Gasteiger partial charge in [0.25, 0.3) is 11.5 Å². The van der Waals surface area contributed by atoms with E-state index in [4.69, 9.17) is 17.0 Å². The molecule has 2 heterocycles. The van der Waals surface area contributed by atoms with Gasteiger partial charge in [-0.3, -0.25) is 14.2 Å². The van der Waals surface area contributed by atoms with Crippen LogP contribution in [-0.4, -0.2) is 46.7 Å². The number of aromatic amines is 1. The van der Waals surface area contributed by atoms with Crippen molar-refractivity contribution >= 4 is 29.0 Å². The number of likely N-dealkylation sites (tertiary alicyclic amines) is 1. The van der Waals surface area contributed by atoms with E-state index in [0.29, 0.717) is 53.3 Å². The molecule has 0 bridgehead atoms. The van der Waals surface area contributed by atoms with Gasteiger partial charge in [0.15, 0.2) is 4.77 Å². The maximum absolute atomic E-state index is 13.1. The van der Waals surface area contributed by atoms with E-state index in [1.165, 1.54) is 5.56 Å². The van der Waals surface area contributed by atoms with Gasteiger partial charge in [-0.2, -0.15) is 0 Å². The molecule has 3 aromatic rings. The molecule has 1 aliphatic heterocycles. The second-order valence-corrected chi connectivity index (χ2v) is 9.01. The van der Waals surface area contributed by atoms with Crippen LogP contribution in [0.25, 0.3) is 10.9 Å². The van der Waals surface area contributed by atoms with Gasteiger partial charge >= 0.3 is 0 Å². The summed E-state index contributed by atoms with van der Waals surface area (Å²) in [6.45, 7) is 5.20. The van der Waals surface area contributed by atoms with Crippen LogP contribution in [0.3, 0.4) is 0 Å². The lowest BCUT2D eigenvalue weighted by atomic mass is 9.90. The number of piperidine rings is 1. The average Bonchev–Trinajstić information content (AvgIpc) is 2.84. The Balaban J connectivity index is 1.43. The van der Waals surface area contributed by atoms with Crippen LogP contribution in [0, 0.1) is 10.7 Å². The van der Waals surface area contributed by atoms with Crippen LogP contribution in [0.1, 0.15) is 42.1 Å². The molecule has 33 heavy (non-hydrogen) atoms. The summed E-state index contributed by atoms with van der Waals surface area (Å²) >= 11 is 5.42. The van der Waals surface area contributed by atoms with Crippen molar-refractivity contribution in [2.45, 2.75) is 39.2 Å². The van der Waals surface area contributed by atoms with Gasteiger partial charge < -0.3 is 14.6 Å². The van der Waals surface area contributed by atoms with E-state index in [-0.39, 0.29) is 11.5 Å². The second-order valence-electron chi connectivity index (χ2n) is 8.62. The van der Waals surface area contributed by atoms with Gasteiger partial charge in [0.2, 0.25) is 0 Å². The number of H-pyrrole nitrogens is 1. The second kappa shape index (κ2) is 10.9. The molecule has 1 aromatic heterocycles. The number of nitrogens with one attached hydrogen (secondary N) is 1. The first kappa shape index (κ1) is 23.4. The standard InChI is InChI=1S/C26H31N3O3S/c1-2-32-16-6-13-29-25(31)22-10-9-21(18-23(22)27-26(29)33)24(30)28-14-11-20(12-15-28)17-19-7-4-3-5-8-19/h3-5,7-10,18,20H,2,6,11-17H2,1H3,(H,27,33). The van der Waals surface area contributed by atoms with Gasteiger partial charge in [-0.05, 0) is 74.5 Å². The largest absolute Gasteiger partial charge is 0.382 e. The first-order valence-electron chi connectivity index (χ1n) is 11.7. The van der Waals surface area contributed by atoms with E-state index >= 15 is 0 Å². The van der Waals surface area contributed by atoms with E-state index in [1.54, 1.807) is 22.8 Å². The molecule has 0 atom stereocenters. The summed E-state index contributed by atoms with van der Waals surface area (Å²) in [5, 5.41) is 0.540. The molecule has 0 spiro atoms. The summed E-state index contributed by atoms with van der Waals surface area (Å²) in [7, 11) is 0. The minimum atomic E-state index is -0.133. The van der Waals surface area contributed by atoms with Crippen molar-refractivity contribution < 1.29 is 9.53 Å². The lowest BCUT2D eigenvalue weighted by molar-refractivity contribution is 0.0690. The molecule has 0 aliphatic carbocycles. The van der Waals surface area contributed by atoms with Crippen LogP contribution in [0.4, 0.5) is 0 Å². The van der Waals surface area contributed by atoms with Crippen LogP contribution in [0.2, 0.25) is 0 Å². The van der Waals surface area contributed by atoms with E-state index in [1.807, 2.05) is 17.9 Å². The van der Waals surface area contributed by atoms with Gasteiger partial charge in [0.05, 0.1) is 10.9 Å². The molecule has 174 valence electrons. The molecule has 0 radical (unpaired) electrons.